The van der Waals surface area contributed by atoms with Gasteiger partial charge in [0.15, 0.2) is 0 Å². The molecule has 0 spiro atoms. The number of hydrogen-bond donors (Lipinski definition) is 2. The molecule has 0 aliphatic carbocycles. The zero-order chi connectivity index (χ0) is 24.6. The summed E-state index contributed by atoms with van der Waals surface area (Å²) >= 11 is 0. The second kappa shape index (κ2) is 11.7. The molecule has 0 aliphatic heterocycles. The van der Waals surface area contributed by atoms with E-state index >= 15 is 0 Å². The molecule has 0 aliphatic rings. The summed E-state index contributed by atoms with van der Waals surface area (Å²) in [6.45, 7) is 9.94. The third kappa shape index (κ3) is 6.70. The molecule has 4 aromatic rings. The minimum absolute atomic E-state index is 0.368. The third-order valence-corrected chi connectivity index (χ3v) is 5.98. The number of aryl methyl sites for hydroxylation is 1. The van der Waals surface area contributed by atoms with Crippen LogP contribution >= 0.6 is 0 Å². The molecule has 182 valence electrons. The van der Waals surface area contributed by atoms with Crippen molar-refractivity contribution in [3.63, 3.8) is 0 Å². The van der Waals surface area contributed by atoms with Crippen LogP contribution in [0.3, 0.4) is 0 Å². The molecule has 0 bridgehead atoms. The average molecular weight is 470 g/mol. The minimum atomic E-state index is 0.368. The van der Waals surface area contributed by atoms with E-state index < -0.39 is 0 Å². The van der Waals surface area contributed by atoms with Gasteiger partial charge in [0.2, 0.25) is 0 Å². The first-order chi connectivity index (χ1) is 17.0. The highest BCUT2D eigenvalue weighted by Gasteiger charge is 2.10. The highest BCUT2D eigenvalue weighted by atomic mass is 16.3. The van der Waals surface area contributed by atoms with Gasteiger partial charge in [0.1, 0.15) is 5.75 Å². The second-order valence-corrected chi connectivity index (χ2v) is 9.06. The van der Waals surface area contributed by atoms with Crippen LogP contribution in [0, 0.1) is 6.92 Å². The Morgan fingerprint density at radius 1 is 0.914 bits per heavy atom. The fourth-order valence-electron chi connectivity index (χ4n) is 4.33. The normalized spacial score (nSPS) is 11.2. The van der Waals surface area contributed by atoms with E-state index in [4.69, 9.17) is 0 Å². The number of imidazole rings is 1. The van der Waals surface area contributed by atoms with Crippen LogP contribution in [0.4, 0.5) is 11.4 Å². The van der Waals surface area contributed by atoms with Crippen molar-refractivity contribution < 1.29 is 5.11 Å². The molecule has 0 saturated carbocycles. The maximum absolute atomic E-state index is 10.4. The van der Waals surface area contributed by atoms with E-state index in [-0.39, 0.29) is 0 Å². The lowest BCUT2D eigenvalue weighted by Crippen LogP contribution is -2.25. The summed E-state index contributed by atoms with van der Waals surface area (Å²) in [7, 11) is 0. The van der Waals surface area contributed by atoms with Crippen molar-refractivity contribution in [2.45, 2.75) is 46.7 Å². The zero-order valence-electron chi connectivity index (χ0n) is 20.9. The Morgan fingerprint density at radius 3 is 2.40 bits per heavy atom. The van der Waals surface area contributed by atoms with Gasteiger partial charge in [-0.15, -0.1) is 0 Å². The van der Waals surface area contributed by atoms with Gasteiger partial charge in [-0.25, -0.2) is 4.98 Å². The summed E-state index contributed by atoms with van der Waals surface area (Å²) in [5.74, 6) is 0.368. The first-order valence-corrected chi connectivity index (χ1v) is 12.4. The fourth-order valence-corrected chi connectivity index (χ4v) is 4.33. The van der Waals surface area contributed by atoms with Crippen molar-refractivity contribution in [1.82, 2.24) is 19.4 Å². The van der Waals surface area contributed by atoms with Crippen LogP contribution in [0.1, 0.15) is 43.5 Å². The quantitative estimate of drug-likeness (QED) is 0.267. The standard InChI is InChI=1S/C29H35N5O/c1-4-14-33(15-5-2)19-25-17-23(6-11-29(25)35)18-34-20-28(31-21-34)24-7-9-26(10-8-24)32-27-12-13-30-22(3)16-27/h6-13,16-17,20-21,35H,4-5,14-15,18-19H2,1-3H3,(H,30,32). The zero-order valence-corrected chi connectivity index (χ0v) is 20.9. The Labute approximate surface area is 208 Å². The van der Waals surface area contributed by atoms with Gasteiger partial charge in [-0.2, -0.15) is 0 Å². The molecule has 2 N–H and O–H groups in total. The first kappa shape index (κ1) is 24.5. The number of benzene rings is 2. The number of phenols is 1. The topological polar surface area (TPSA) is 66.2 Å². The summed E-state index contributed by atoms with van der Waals surface area (Å²) < 4.78 is 2.09. The van der Waals surface area contributed by atoms with Crippen molar-refractivity contribution in [1.29, 1.82) is 0 Å². The van der Waals surface area contributed by atoms with Gasteiger partial charge in [-0.3, -0.25) is 9.88 Å². The Morgan fingerprint density at radius 2 is 1.69 bits per heavy atom. The summed E-state index contributed by atoms with van der Waals surface area (Å²) in [6.07, 6.45) is 7.97. The number of phenolic OH excluding ortho intramolecular Hbond substituents is 1. The van der Waals surface area contributed by atoms with Gasteiger partial charge in [0, 0.05) is 53.7 Å². The summed E-state index contributed by atoms with van der Waals surface area (Å²) in [5.41, 5.74) is 7.18. The Bertz CT molecular complexity index is 1230. The number of rotatable bonds is 11. The molecular formula is C29H35N5O. The van der Waals surface area contributed by atoms with Crippen LogP contribution in [0.15, 0.2) is 73.3 Å². The van der Waals surface area contributed by atoms with Crippen LogP contribution in [0.25, 0.3) is 11.3 Å². The summed E-state index contributed by atoms with van der Waals surface area (Å²) in [5, 5.41) is 13.8. The van der Waals surface area contributed by atoms with Gasteiger partial charge in [0.25, 0.3) is 0 Å². The Balaban J connectivity index is 1.42. The lowest BCUT2D eigenvalue weighted by Gasteiger charge is -2.22. The second-order valence-electron chi connectivity index (χ2n) is 9.06. The molecular weight excluding hydrogens is 434 g/mol. The predicted octanol–water partition coefficient (Wildman–Crippen LogP) is 6.37. The molecule has 0 atom stereocenters. The molecule has 0 radical (unpaired) electrons. The molecule has 0 unspecified atom stereocenters. The van der Waals surface area contributed by atoms with E-state index in [0.717, 1.165) is 71.9 Å². The van der Waals surface area contributed by atoms with E-state index in [1.54, 1.807) is 0 Å². The maximum Gasteiger partial charge on any atom is 0.120 e. The highest BCUT2D eigenvalue weighted by molar-refractivity contribution is 5.66. The van der Waals surface area contributed by atoms with Crippen molar-refractivity contribution >= 4 is 11.4 Å². The Kier molecular flexibility index (Phi) is 8.16. The molecule has 2 heterocycles. The van der Waals surface area contributed by atoms with Gasteiger partial charge in [0.05, 0.1) is 12.0 Å². The van der Waals surface area contributed by atoms with E-state index in [1.165, 1.54) is 0 Å². The van der Waals surface area contributed by atoms with Gasteiger partial charge >= 0.3 is 0 Å². The van der Waals surface area contributed by atoms with E-state index in [2.05, 4.69) is 75.1 Å². The molecule has 0 amide bonds. The number of aromatic hydroxyl groups is 1. The Hall–Kier alpha value is -3.64. The lowest BCUT2D eigenvalue weighted by molar-refractivity contribution is 0.262. The largest absolute Gasteiger partial charge is 0.508 e. The van der Waals surface area contributed by atoms with Gasteiger partial charge < -0.3 is 15.0 Å². The number of anilines is 2. The van der Waals surface area contributed by atoms with Gasteiger partial charge in [-0.1, -0.05) is 32.0 Å². The summed E-state index contributed by atoms with van der Waals surface area (Å²) in [4.78, 5) is 11.3. The van der Waals surface area contributed by atoms with Crippen LogP contribution in [0.5, 0.6) is 5.75 Å². The number of hydrogen-bond acceptors (Lipinski definition) is 5. The molecule has 2 aromatic carbocycles. The van der Waals surface area contributed by atoms with Crippen LogP contribution in [-0.4, -0.2) is 37.6 Å². The van der Waals surface area contributed by atoms with E-state index in [0.29, 0.717) is 12.3 Å². The number of pyridine rings is 1. The molecule has 35 heavy (non-hydrogen) atoms. The summed E-state index contributed by atoms with van der Waals surface area (Å²) in [6, 6.07) is 18.2. The van der Waals surface area contributed by atoms with Crippen molar-refractivity contribution in [2.24, 2.45) is 0 Å². The van der Waals surface area contributed by atoms with Crippen LogP contribution in [0.2, 0.25) is 0 Å². The fraction of sp³-hybridized carbons (Fsp3) is 0.310. The minimum Gasteiger partial charge on any atom is -0.508 e. The SMILES string of the molecule is CCCN(CCC)Cc1cc(Cn2cnc(-c3ccc(Nc4ccnc(C)c4)cc3)c2)ccc1O. The molecule has 2 aromatic heterocycles. The number of aromatic nitrogens is 3. The van der Waals surface area contributed by atoms with E-state index in [1.807, 2.05) is 43.7 Å². The monoisotopic (exact) mass is 469 g/mol. The van der Waals surface area contributed by atoms with Gasteiger partial charge in [-0.05, 0) is 74.8 Å². The first-order valence-electron chi connectivity index (χ1n) is 12.4. The van der Waals surface area contributed by atoms with E-state index in [9.17, 15) is 5.11 Å². The van der Waals surface area contributed by atoms with Crippen molar-refractivity contribution in [2.75, 3.05) is 18.4 Å². The number of nitrogens with zero attached hydrogens (tertiary/aromatic N) is 4. The molecule has 0 fully saturated rings. The molecule has 0 saturated heterocycles. The molecule has 6 heteroatoms. The maximum atomic E-state index is 10.4. The van der Waals surface area contributed by atoms with Crippen LogP contribution in [-0.2, 0) is 13.1 Å². The molecule has 4 rings (SSSR count). The average Bonchev–Trinajstić information content (AvgIpc) is 3.30. The smallest absolute Gasteiger partial charge is 0.120 e. The predicted molar refractivity (Wildman–Crippen MR) is 143 cm³/mol. The van der Waals surface area contributed by atoms with Crippen molar-refractivity contribution in [3.8, 4) is 17.0 Å². The van der Waals surface area contributed by atoms with Crippen LogP contribution < -0.4 is 5.32 Å². The molecule has 6 nitrogen and oxygen atoms in total. The lowest BCUT2D eigenvalue weighted by atomic mass is 10.1. The number of nitrogens with one attached hydrogen (secondary N) is 1. The van der Waals surface area contributed by atoms with Crippen molar-refractivity contribution in [3.05, 3.63) is 90.1 Å². The third-order valence-electron chi connectivity index (χ3n) is 5.98. The highest BCUT2D eigenvalue weighted by Crippen LogP contribution is 2.24.